The number of benzene rings is 1. The summed E-state index contributed by atoms with van der Waals surface area (Å²) in [5.74, 6) is 1.08. The van der Waals surface area contributed by atoms with Crippen LogP contribution in [0.5, 0.6) is 0 Å². The van der Waals surface area contributed by atoms with Crippen LogP contribution in [0.15, 0.2) is 24.3 Å². The molecule has 3 nitrogen and oxygen atoms in total. The quantitative estimate of drug-likeness (QED) is 0.742. The molecule has 14 heavy (non-hydrogen) atoms. The molecule has 1 aromatic carbocycles. The molecule has 0 unspecified atom stereocenters. The van der Waals surface area contributed by atoms with E-state index >= 15 is 0 Å². The number of hydrogen-bond donors (Lipinski definition) is 0. The second-order valence-corrected chi connectivity index (χ2v) is 3.22. The summed E-state index contributed by atoms with van der Waals surface area (Å²) in [7, 11) is 1.70. The topological polar surface area (TPSA) is 27.1 Å². The summed E-state index contributed by atoms with van der Waals surface area (Å²) in [4.78, 5) is 4.53. The Hall–Kier alpha value is -1.35. The summed E-state index contributed by atoms with van der Waals surface area (Å²) in [6, 6.07) is 8.13. The van der Waals surface area contributed by atoms with Gasteiger partial charge in [0, 0.05) is 13.5 Å². The fourth-order valence-corrected chi connectivity index (χ4v) is 1.67. The maximum absolute atomic E-state index is 5.16. The zero-order valence-corrected chi connectivity index (χ0v) is 8.53. The van der Waals surface area contributed by atoms with Gasteiger partial charge in [-0.15, -0.1) is 0 Å². The molecule has 0 aliphatic heterocycles. The first kappa shape index (κ1) is 9.21. The summed E-state index contributed by atoms with van der Waals surface area (Å²) in [5, 5.41) is 0. The van der Waals surface area contributed by atoms with Gasteiger partial charge in [0.2, 0.25) is 0 Å². The van der Waals surface area contributed by atoms with E-state index in [4.69, 9.17) is 4.74 Å². The van der Waals surface area contributed by atoms with Crippen molar-refractivity contribution in [1.82, 2.24) is 9.55 Å². The Morgan fingerprint density at radius 3 is 2.86 bits per heavy atom. The molecule has 0 aliphatic carbocycles. The Morgan fingerprint density at radius 2 is 2.14 bits per heavy atom. The molecular formula is C11H14N2O. The summed E-state index contributed by atoms with van der Waals surface area (Å²) < 4.78 is 7.27. The lowest BCUT2D eigenvalue weighted by Crippen LogP contribution is -2.04. The molecule has 0 radical (unpaired) electrons. The third-order valence-electron chi connectivity index (χ3n) is 2.31. The van der Waals surface area contributed by atoms with Gasteiger partial charge in [0.25, 0.3) is 0 Å². The molecule has 0 spiro atoms. The van der Waals surface area contributed by atoms with Crippen LogP contribution in [-0.2, 0) is 17.9 Å². The number of fused-ring (bicyclic) bond motifs is 1. The highest BCUT2D eigenvalue weighted by Gasteiger charge is 2.07. The molecule has 0 N–H and O–H groups in total. The summed E-state index contributed by atoms with van der Waals surface area (Å²) in [5.41, 5.74) is 2.19. The Labute approximate surface area is 83.3 Å². The first-order valence-corrected chi connectivity index (χ1v) is 4.80. The normalized spacial score (nSPS) is 11.0. The summed E-state index contributed by atoms with van der Waals surface area (Å²) in [6.07, 6.45) is 0.929. The van der Waals surface area contributed by atoms with E-state index < -0.39 is 0 Å². The van der Waals surface area contributed by atoms with Crippen LogP contribution in [0.3, 0.4) is 0 Å². The molecule has 1 aromatic heterocycles. The first-order chi connectivity index (χ1) is 6.86. The highest BCUT2D eigenvalue weighted by atomic mass is 16.5. The van der Waals surface area contributed by atoms with Gasteiger partial charge in [0.15, 0.2) is 0 Å². The van der Waals surface area contributed by atoms with Crippen molar-refractivity contribution in [2.75, 3.05) is 7.11 Å². The third-order valence-corrected chi connectivity index (χ3v) is 2.31. The van der Waals surface area contributed by atoms with Crippen molar-refractivity contribution >= 4 is 11.0 Å². The van der Waals surface area contributed by atoms with E-state index in [9.17, 15) is 0 Å². The van der Waals surface area contributed by atoms with E-state index in [1.807, 2.05) is 18.2 Å². The number of nitrogens with zero attached hydrogens (tertiary/aromatic N) is 2. The second kappa shape index (κ2) is 3.80. The van der Waals surface area contributed by atoms with Gasteiger partial charge < -0.3 is 9.30 Å². The summed E-state index contributed by atoms with van der Waals surface area (Å²) >= 11 is 0. The lowest BCUT2D eigenvalue weighted by molar-refractivity contribution is 0.132. The van der Waals surface area contributed by atoms with Crippen molar-refractivity contribution in [2.24, 2.45) is 0 Å². The Kier molecular flexibility index (Phi) is 2.50. The Morgan fingerprint density at radius 1 is 1.36 bits per heavy atom. The molecule has 74 valence electrons. The van der Waals surface area contributed by atoms with Crippen molar-refractivity contribution < 1.29 is 4.74 Å². The van der Waals surface area contributed by atoms with Gasteiger partial charge in [-0.3, -0.25) is 0 Å². The predicted molar refractivity (Wildman–Crippen MR) is 56.1 cm³/mol. The van der Waals surface area contributed by atoms with Gasteiger partial charge in [0.05, 0.1) is 11.0 Å². The van der Waals surface area contributed by atoms with Crippen LogP contribution < -0.4 is 0 Å². The molecule has 0 saturated heterocycles. The standard InChI is InChI=1S/C11H14N2O/c1-3-11-12-9-6-4-5-7-10(9)13(11)8-14-2/h4-7H,3,8H2,1-2H3. The molecule has 0 fully saturated rings. The van der Waals surface area contributed by atoms with E-state index in [-0.39, 0.29) is 0 Å². The Balaban J connectivity index is 2.61. The van der Waals surface area contributed by atoms with Crippen LogP contribution in [-0.4, -0.2) is 16.7 Å². The van der Waals surface area contributed by atoms with E-state index in [1.54, 1.807) is 7.11 Å². The van der Waals surface area contributed by atoms with E-state index in [2.05, 4.69) is 22.5 Å². The number of para-hydroxylation sites is 2. The largest absolute Gasteiger partial charge is 0.364 e. The summed E-state index contributed by atoms with van der Waals surface area (Å²) in [6.45, 7) is 2.68. The molecule has 0 aliphatic rings. The van der Waals surface area contributed by atoms with Crippen LogP contribution in [0.25, 0.3) is 11.0 Å². The average Bonchev–Trinajstić information content (AvgIpc) is 2.58. The molecule has 3 heteroatoms. The van der Waals surface area contributed by atoms with Crippen LogP contribution >= 0.6 is 0 Å². The van der Waals surface area contributed by atoms with Crippen molar-refractivity contribution in [1.29, 1.82) is 0 Å². The fourth-order valence-electron chi connectivity index (χ4n) is 1.67. The number of imidazole rings is 1. The van der Waals surface area contributed by atoms with Gasteiger partial charge in [-0.25, -0.2) is 4.98 Å². The van der Waals surface area contributed by atoms with Crippen LogP contribution in [0, 0.1) is 0 Å². The number of methoxy groups -OCH3 is 1. The number of ether oxygens (including phenoxy) is 1. The fraction of sp³-hybridized carbons (Fsp3) is 0.364. The zero-order chi connectivity index (χ0) is 9.97. The molecule has 0 bridgehead atoms. The molecule has 1 heterocycles. The van der Waals surface area contributed by atoms with Gasteiger partial charge in [-0.1, -0.05) is 19.1 Å². The SMILES string of the molecule is CCc1nc2ccccc2n1COC. The van der Waals surface area contributed by atoms with Crippen molar-refractivity contribution in [3.05, 3.63) is 30.1 Å². The van der Waals surface area contributed by atoms with Gasteiger partial charge in [-0.05, 0) is 12.1 Å². The van der Waals surface area contributed by atoms with Crippen LogP contribution in [0.2, 0.25) is 0 Å². The van der Waals surface area contributed by atoms with Crippen LogP contribution in [0.4, 0.5) is 0 Å². The minimum absolute atomic E-state index is 0.573. The van der Waals surface area contributed by atoms with E-state index in [0.717, 1.165) is 23.3 Å². The lowest BCUT2D eigenvalue weighted by Gasteiger charge is -2.05. The number of aromatic nitrogens is 2. The zero-order valence-electron chi connectivity index (χ0n) is 8.53. The highest BCUT2D eigenvalue weighted by molar-refractivity contribution is 5.75. The van der Waals surface area contributed by atoms with E-state index in [1.165, 1.54) is 0 Å². The lowest BCUT2D eigenvalue weighted by atomic mass is 10.3. The molecule has 0 atom stereocenters. The average molecular weight is 190 g/mol. The minimum Gasteiger partial charge on any atom is -0.364 e. The number of hydrogen-bond acceptors (Lipinski definition) is 2. The third kappa shape index (κ3) is 1.40. The molecular weight excluding hydrogens is 176 g/mol. The number of rotatable bonds is 3. The van der Waals surface area contributed by atoms with E-state index in [0.29, 0.717) is 6.73 Å². The minimum atomic E-state index is 0.573. The predicted octanol–water partition coefficient (Wildman–Crippen LogP) is 2.20. The maximum Gasteiger partial charge on any atom is 0.124 e. The Bertz CT molecular complexity index is 434. The molecule has 2 aromatic rings. The number of aryl methyl sites for hydroxylation is 1. The molecule has 0 amide bonds. The monoisotopic (exact) mass is 190 g/mol. The van der Waals surface area contributed by atoms with Gasteiger partial charge in [-0.2, -0.15) is 0 Å². The smallest absolute Gasteiger partial charge is 0.124 e. The molecule has 2 rings (SSSR count). The van der Waals surface area contributed by atoms with Crippen molar-refractivity contribution in [3.8, 4) is 0 Å². The van der Waals surface area contributed by atoms with Gasteiger partial charge >= 0.3 is 0 Å². The molecule has 0 saturated carbocycles. The van der Waals surface area contributed by atoms with Gasteiger partial charge in [0.1, 0.15) is 12.6 Å². The highest BCUT2D eigenvalue weighted by Crippen LogP contribution is 2.15. The van der Waals surface area contributed by atoms with Crippen LogP contribution in [0.1, 0.15) is 12.7 Å². The second-order valence-electron chi connectivity index (χ2n) is 3.22. The maximum atomic E-state index is 5.16. The van der Waals surface area contributed by atoms with Crippen molar-refractivity contribution in [3.63, 3.8) is 0 Å². The first-order valence-electron chi connectivity index (χ1n) is 4.80. The van der Waals surface area contributed by atoms with Crippen molar-refractivity contribution in [2.45, 2.75) is 20.1 Å².